The minimum Gasteiger partial charge on any atom is -0.350 e. The molecule has 0 saturated carbocycles. The molecule has 0 aliphatic rings. The summed E-state index contributed by atoms with van der Waals surface area (Å²) in [5.74, 6) is -0.887. The standard InChI is InChI=1S/C22H17F3N6O4/c23-22(24,25)18-7-2-1-6-16(18)20(32)26-8-9-30-19-17(11-28-30)21(33)29(13-27-19)12-14-4-3-5-15(10-14)31(34)35/h1-7,10-11,13H,8-9,12H2,(H,26,32). The van der Waals surface area contributed by atoms with Crippen molar-refractivity contribution in [3.63, 3.8) is 0 Å². The second-order valence-electron chi connectivity index (χ2n) is 7.51. The molecule has 1 N–H and O–H groups in total. The molecule has 10 nitrogen and oxygen atoms in total. The average molecular weight is 486 g/mol. The summed E-state index contributed by atoms with van der Waals surface area (Å²) in [6, 6.07) is 10.3. The highest BCUT2D eigenvalue weighted by atomic mass is 19.4. The fourth-order valence-electron chi connectivity index (χ4n) is 3.54. The molecule has 4 rings (SSSR count). The Morgan fingerprint density at radius 1 is 1.14 bits per heavy atom. The molecule has 35 heavy (non-hydrogen) atoms. The summed E-state index contributed by atoms with van der Waals surface area (Å²) in [5, 5.41) is 17.7. The Morgan fingerprint density at radius 2 is 1.91 bits per heavy atom. The molecule has 0 fully saturated rings. The van der Waals surface area contributed by atoms with Gasteiger partial charge in [-0.2, -0.15) is 18.3 Å². The molecule has 180 valence electrons. The summed E-state index contributed by atoms with van der Waals surface area (Å²) >= 11 is 0. The Bertz CT molecular complexity index is 1480. The first-order chi connectivity index (χ1) is 16.6. The fourth-order valence-corrected chi connectivity index (χ4v) is 3.54. The molecule has 0 unspecified atom stereocenters. The van der Waals surface area contributed by atoms with Crippen molar-refractivity contribution in [1.82, 2.24) is 24.6 Å². The van der Waals surface area contributed by atoms with Crippen molar-refractivity contribution in [2.24, 2.45) is 0 Å². The number of carbonyl (C=O) groups excluding carboxylic acids is 1. The lowest BCUT2D eigenvalue weighted by Crippen LogP contribution is -2.29. The second kappa shape index (κ2) is 9.37. The Balaban J connectivity index is 1.47. The summed E-state index contributed by atoms with van der Waals surface area (Å²) in [5.41, 5.74) is -1.28. The number of nitrogens with zero attached hydrogens (tertiary/aromatic N) is 5. The van der Waals surface area contributed by atoms with E-state index in [-0.39, 0.29) is 36.4 Å². The van der Waals surface area contributed by atoms with Crippen LogP contribution in [-0.4, -0.2) is 36.7 Å². The zero-order valence-corrected chi connectivity index (χ0v) is 17.9. The molecule has 0 spiro atoms. The van der Waals surface area contributed by atoms with Crippen molar-refractivity contribution < 1.29 is 22.9 Å². The van der Waals surface area contributed by atoms with Crippen LogP contribution in [0.25, 0.3) is 11.0 Å². The predicted molar refractivity (Wildman–Crippen MR) is 118 cm³/mol. The molecular weight excluding hydrogens is 469 g/mol. The van der Waals surface area contributed by atoms with Gasteiger partial charge in [-0.25, -0.2) is 9.67 Å². The van der Waals surface area contributed by atoms with Gasteiger partial charge in [0.2, 0.25) is 0 Å². The van der Waals surface area contributed by atoms with Crippen molar-refractivity contribution in [2.45, 2.75) is 19.3 Å². The number of hydrogen-bond donors (Lipinski definition) is 1. The smallest absolute Gasteiger partial charge is 0.350 e. The Morgan fingerprint density at radius 3 is 2.66 bits per heavy atom. The van der Waals surface area contributed by atoms with E-state index in [2.05, 4.69) is 15.4 Å². The van der Waals surface area contributed by atoms with Gasteiger partial charge >= 0.3 is 6.18 Å². The van der Waals surface area contributed by atoms with Gasteiger partial charge in [-0.15, -0.1) is 0 Å². The Hall–Kier alpha value is -4.55. The maximum absolute atomic E-state index is 13.1. The summed E-state index contributed by atoms with van der Waals surface area (Å²) in [6.45, 7) is 0.0638. The summed E-state index contributed by atoms with van der Waals surface area (Å²) in [4.78, 5) is 39.8. The predicted octanol–water partition coefficient (Wildman–Crippen LogP) is 3.00. The van der Waals surface area contributed by atoms with E-state index >= 15 is 0 Å². The molecule has 0 radical (unpaired) electrons. The van der Waals surface area contributed by atoms with Gasteiger partial charge in [-0.1, -0.05) is 24.3 Å². The summed E-state index contributed by atoms with van der Waals surface area (Å²) in [7, 11) is 0. The first-order valence-corrected chi connectivity index (χ1v) is 10.2. The molecule has 13 heteroatoms. The maximum Gasteiger partial charge on any atom is 0.417 e. The number of nitro groups is 1. The van der Waals surface area contributed by atoms with Crippen LogP contribution in [0.5, 0.6) is 0 Å². The molecular formula is C22H17F3N6O4. The third-order valence-corrected chi connectivity index (χ3v) is 5.18. The van der Waals surface area contributed by atoms with Crippen LogP contribution < -0.4 is 10.9 Å². The highest BCUT2D eigenvalue weighted by Crippen LogP contribution is 2.31. The van der Waals surface area contributed by atoms with Gasteiger partial charge in [0.1, 0.15) is 11.7 Å². The van der Waals surface area contributed by atoms with E-state index in [0.29, 0.717) is 5.56 Å². The highest BCUT2D eigenvalue weighted by molar-refractivity contribution is 5.95. The monoisotopic (exact) mass is 486 g/mol. The summed E-state index contributed by atoms with van der Waals surface area (Å²) in [6.07, 6.45) is -2.09. The van der Waals surface area contributed by atoms with Gasteiger partial charge < -0.3 is 5.32 Å². The maximum atomic E-state index is 13.1. The third-order valence-electron chi connectivity index (χ3n) is 5.18. The number of alkyl halides is 3. The van der Waals surface area contributed by atoms with E-state index < -0.39 is 33.7 Å². The number of carbonyl (C=O) groups is 1. The molecule has 0 aliphatic carbocycles. The molecule has 1 amide bonds. The largest absolute Gasteiger partial charge is 0.417 e. The van der Waals surface area contributed by atoms with Crippen molar-refractivity contribution in [2.75, 3.05) is 6.54 Å². The van der Waals surface area contributed by atoms with Crippen LogP contribution in [-0.2, 0) is 19.3 Å². The minimum absolute atomic E-state index is 0.0553. The van der Waals surface area contributed by atoms with Gasteiger partial charge in [-0.3, -0.25) is 24.3 Å². The van der Waals surface area contributed by atoms with E-state index in [1.54, 1.807) is 6.07 Å². The Labute approximate surface area is 194 Å². The van der Waals surface area contributed by atoms with Crippen LogP contribution in [0.15, 0.2) is 65.8 Å². The van der Waals surface area contributed by atoms with E-state index in [1.807, 2.05) is 0 Å². The zero-order chi connectivity index (χ0) is 25.2. The lowest BCUT2D eigenvalue weighted by atomic mass is 10.1. The quantitative estimate of drug-likeness (QED) is 0.316. The van der Waals surface area contributed by atoms with E-state index in [4.69, 9.17) is 0 Å². The van der Waals surface area contributed by atoms with Crippen LogP contribution in [0.2, 0.25) is 0 Å². The SMILES string of the molecule is O=C(NCCn1ncc2c(=O)n(Cc3cccc([N+](=O)[O-])c3)cnc21)c1ccccc1C(F)(F)F. The number of aromatic nitrogens is 4. The highest BCUT2D eigenvalue weighted by Gasteiger charge is 2.34. The fraction of sp³-hybridized carbons (Fsp3) is 0.182. The topological polar surface area (TPSA) is 125 Å². The van der Waals surface area contributed by atoms with Crippen molar-refractivity contribution in [3.05, 3.63) is 98.2 Å². The van der Waals surface area contributed by atoms with Crippen LogP contribution in [0, 0.1) is 10.1 Å². The van der Waals surface area contributed by atoms with Gasteiger partial charge in [-0.05, 0) is 17.7 Å². The number of fused-ring (bicyclic) bond motifs is 1. The molecule has 2 aromatic carbocycles. The van der Waals surface area contributed by atoms with Crippen LogP contribution >= 0.6 is 0 Å². The van der Waals surface area contributed by atoms with E-state index in [9.17, 15) is 32.9 Å². The number of nitro benzene ring substituents is 1. The van der Waals surface area contributed by atoms with Gasteiger partial charge in [0.05, 0.1) is 35.3 Å². The molecule has 0 bridgehead atoms. The molecule has 2 heterocycles. The normalized spacial score (nSPS) is 11.5. The van der Waals surface area contributed by atoms with Gasteiger partial charge in [0.25, 0.3) is 17.2 Å². The van der Waals surface area contributed by atoms with E-state index in [1.165, 1.54) is 52.1 Å². The number of non-ortho nitro benzene ring substituents is 1. The summed E-state index contributed by atoms with van der Waals surface area (Å²) < 4.78 is 42.0. The first kappa shape index (κ1) is 23.6. The molecule has 0 atom stereocenters. The number of amides is 1. The van der Waals surface area contributed by atoms with Crippen molar-refractivity contribution in [3.8, 4) is 0 Å². The number of nitrogens with one attached hydrogen (secondary N) is 1. The number of benzene rings is 2. The minimum atomic E-state index is -4.67. The van der Waals surface area contributed by atoms with Crippen LogP contribution in [0.4, 0.5) is 18.9 Å². The second-order valence-corrected chi connectivity index (χ2v) is 7.51. The lowest BCUT2D eigenvalue weighted by molar-refractivity contribution is -0.384. The third kappa shape index (κ3) is 5.03. The number of rotatable bonds is 7. The zero-order valence-electron chi connectivity index (χ0n) is 17.9. The molecule has 0 saturated heterocycles. The average Bonchev–Trinajstić information content (AvgIpc) is 3.24. The first-order valence-electron chi connectivity index (χ1n) is 10.2. The van der Waals surface area contributed by atoms with Crippen molar-refractivity contribution >= 4 is 22.6 Å². The Kier molecular flexibility index (Phi) is 6.32. The lowest BCUT2D eigenvalue weighted by Gasteiger charge is -2.12. The van der Waals surface area contributed by atoms with Crippen LogP contribution in [0.1, 0.15) is 21.5 Å². The number of halogens is 3. The van der Waals surface area contributed by atoms with Gasteiger partial charge in [0.15, 0.2) is 5.65 Å². The van der Waals surface area contributed by atoms with E-state index in [0.717, 1.165) is 12.1 Å². The molecule has 0 aliphatic heterocycles. The van der Waals surface area contributed by atoms with Crippen molar-refractivity contribution in [1.29, 1.82) is 0 Å². The number of hydrogen-bond acceptors (Lipinski definition) is 6. The van der Waals surface area contributed by atoms with Gasteiger partial charge in [0, 0.05) is 18.7 Å². The van der Waals surface area contributed by atoms with Crippen LogP contribution in [0.3, 0.4) is 0 Å². The molecule has 2 aromatic heterocycles. The molecule has 4 aromatic rings.